The quantitative estimate of drug-likeness (QED) is 0.757. The van der Waals surface area contributed by atoms with E-state index in [2.05, 4.69) is 27.1 Å². The predicted octanol–water partition coefficient (Wildman–Crippen LogP) is 1.95. The van der Waals surface area contributed by atoms with Crippen molar-refractivity contribution in [2.24, 2.45) is 11.7 Å². The van der Waals surface area contributed by atoms with Crippen molar-refractivity contribution in [3.05, 3.63) is 41.2 Å². The Morgan fingerprint density at radius 1 is 1.26 bits per heavy atom. The van der Waals surface area contributed by atoms with E-state index in [0.29, 0.717) is 22.9 Å². The van der Waals surface area contributed by atoms with Crippen LogP contribution in [0, 0.1) is 12.8 Å². The average molecular weight is 368 g/mol. The molecule has 1 aromatic carbocycles. The van der Waals surface area contributed by atoms with E-state index in [0.717, 1.165) is 25.2 Å². The highest BCUT2D eigenvalue weighted by Crippen LogP contribution is 2.31. The molecule has 0 radical (unpaired) electrons. The van der Waals surface area contributed by atoms with E-state index >= 15 is 0 Å². The molecule has 1 atom stereocenters. The van der Waals surface area contributed by atoms with Gasteiger partial charge in [-0.15, -0.1) is 0 Å². The first-order valence-electron chi connectivity index (χ1n) is 8.95. The number of carbonyl (C=O) groups is 2. The van der Waals surface area contributed by atoms with E-state index in [1.54, 1.807) is 25.1 Å². The van der Waals surface area contributed by atoms with Gasteiger partial charge >= 0.3 is 0 Å². The largest absolute Gasteiger partial charge is 0.370 e. The molecule has 2 heterocycles. The van der Waals surface area contributed by atoms with Gasteiger partial charge in [-0.05, 0) is 49.9 Å². The Hall–Kier alpha value is -3.16. The number of carbonyl (C=O) groups excluding carboxylic acids is 2. The molecule has 2 amide bonds. The lowest BCUT2D eigenvalue weighted by Gasteiger charge is -2.34. The lowest BCUT2D eigenvalue weighted by Crippen LogP contribution is -2.35. The number of nitrogens with one attached hydrogen (secondary N) is 1. The van der Waals surface area contributed by atoms with Gasteiger partial charge in [0, 0.05) is 24.3 Å². The second kappa shape index (κ2) is 7.61. The number of anilines is 3. The number of hydrogen-bond acceptors (Lipinski definition) is 6. The van der Waals surface area contributed by atoms with Gasteiger partial charge in [-0.25, -0.2) is 9.97 Å². The fraction of sp³-hybridized carbons (Fsp3) is 0.368. The maximum absolute atomic E-state index is 12.7. The molecule has 27 heavy (non-hydrogen) atoms. The Kier molecular flexibility index (Phi) is 5.25. The number of aromatic nitrogens is 2. The Bertz CT molecular complexity index is 862. The first-order chi connectivity index (χ1) is 12.8. The van der Waals surface area contributed by atoms with Crippen LogP contribution in [-0.2, 0) is 0 Å². The molecule has 0 bridgehead atoms. The van der Waals surface area contributed by atoms with Gasteiger partial charge in [0.05, 0.1) is 11.4 Å². The molecule has 142 valence electrons. The molecular weight excluding hydrogens is 344 g/mol. The van der Waals surface area contributed by atoms with Crippen LogP contribution in [0.5, 0.6) is 0 Å². The third kappa shape index (κ3) is 4.33. The summed E-state index contributed by atoms with van der Waals surface area (Å²) in [5, 5.41) is 2.85. The van der Waals surface area contributed by atoms with Gasteiger partial charge in [-0.1, -0.05) is 6.92 Å². The Morgan fingerprint density at radius 3 is 2.70 bits per heavy atom. The predicted molar refractivity (Wildman–Crippen MR) is 105 cm³/mol. The van der Waals surface area contributed by atoms with Gasteiger partial charge in [0.1, 0.15) is 5.69 Å². The van der Waals surface area contributed by atoms with Crippen molar-refractivity contribution in [1.82, 2.24) is 9.97 Å². The molecule has 0 aliphatic carbocycles. The SMILES string of the molecule is Cc1cc(C(=O)Nc2cc(C(N)=O)ccc2N2CCC[C@@H](C)C2)nc(N)n1. The lowest BCUT2D eigenvalue weighted by molar-refractivity contribution is 0.0995. The van der Waals surface area contributed by atoms with Gasteiger partial charge in [0.2, 0.25) is 11.9 Å². The van der Waals surface area contributed by atoms with Crippen molar-refractivity contribution in [1.29, 1.82) is 0 Å². The van der Waals surface area contributed by atoms with Gasteiger partial charge in [-0.2, -0.15) is 0 Å². The molecule has 8 nitrogen and oxygen atoms in total. The third-order valence-electron chi connectivity index (χ3n) is 4.63. The molecule has 0 unspecified atom stereocenters. The van der Waals surface area contributed by atoms with Gasteiger partial charge in [0.25, 0.3) is 5.91 Å². The highest BCUT2D eigenvalue weighted by atomic mass is 16.2. The second-order valence-electron chi connectivity index (χ2n) is 7.00. The lowest BCUT2D eigenvalue weighted by atomic mass is 9.99. The minimum absolute atomic E-state index is 0.0381. The zero-order valence-electron chi connectivity index (χ0n) is 15.5. The van der Waals surface area contributed by atoms with Crippen molar-refractivity contribution in [3.63, 3.8) is 0 Å². The molecule has 1 aliphatic heterocycles. The van der Waals surface area contributed by atoms with Gasteiger partial charge in [-0.3, -0.25) is 9.59 Å². The van der Waals surface area contributed by atoms with Crippen LogP contribution in [-0.4, -0.2) is 34.9 Å². The molecule has 3 rings (SSSR count). The topological polar surface area (TPSA) is 127 Å². The summed E-state index contributed by atoms with van der Waals surface area (Å²) in [7, 11) is 0. The zero-order chi connectivity index (χ0) is 19.6. The fourth-order valence-electron chi connectivity index (χ4n) is 3.37. The monoisotopic (exact) mass is 368 g/mol. The first kappa shape index (κ1) is 18.6. The maximum atomic E-state index is 12.7. The molecule has 1 fully saturated rings. The minimum Gasteiger partial charge on any atom is -0.370 e. The number of aryl methyl sites for hydroxylation is 1. The highest BCUT2D eigenvalue weighted by Gasteiger charge is 2.21. The summed E-state index contributed by atoms with van der Waals surface area (Å²) in [6.45, 7) is 5.72. The molecule has 1 aromatic heterocycles. The normalized spacial score (nSPS) is 16.8. The van der Waals surface area contributed by atoms with E-state index < -0.39 is 11.8 Å². The number of nitrogens with zero attached hydrogens (tertiary/aromatic N) is 3. The number of nitrogen functional groups attached to an aromatic ring is 1. The molecular formula is C19H24N6O2. The molecule has 8 heteroatoms. The summed E-state index contributed by atoms with van der Waals surface area (Å²) in [5.74, 6) is -0.370. The van der Waals surface area contributed by atoms with Crippen molar-refractivity contribution >= 4 is 29.1 Å². The third-order valence-corrected chi connectivity index (χ3v) is 4.63. The van der Waals surface area contributed by atoms with Crippen LogP contribution in [0.4, 0.5) is 17.3 Å². The summed E-state index contributed by atoms with van der Waals surface area (Å²) < 4.78 is 0. The van der Waals surface area contributed by atoms with Crippen LogP contribution in [0.2, 0.25) is 0 Å². The average Bonchev–Trinajstić information content (AvgIpc) is 2.60. The molecule has 5 N–H and O–H groups in total. The van der Waals surface area contributed by atoms with Crippen LogP contribution in [0.3, 0.4) is 0 Å². The van der Waals surface area contributed by atoms with Crippen molar-refractivity contribution in [3.8, 4) is 0 Å². The number of hydrogen-bond donors (Lipinski definition) is 3. The number of primary amides is 1. The molecule has 2 aromatic rings. The minimum atomic E-state index is -0.550. The van der Waals surface area contributed by atoms with Gasteiger partial charge in [0.15, 0.2) is 0 Å². The van der Waals surface area contributed by atoms with Crippen molar-refractivity contribution in [2.75, 3.05) is 29.0 Å². The summed E-state index contributed by atoms with van der Waals surface area (Å²) >= 11 is 0. The molecule has 1 aliphatic rings. The molecule has 1 saturated heterocycles. The molecule has 0 spiro atoms. The smallest absolute Gasteiger partial charge is 0.274 e. The van der Waals surface area contributed by atoms with E-state index in [1.807, 2.05) is 6.07 Å². The van der Waals surface area contributed by atoms with Crippen LogP contribution in [0.15, 0.2) is 24.3 Å². The van der Waals surface area contributed by atoms with Crippen LogP contribution >= 0.6 is 0 Å². The summed E-state index contributed by atoms with van der Waals surface area (Å²) in [5.41, 5.74) is 13.5. The van der Waals surface area contributed by atoms with E-state index in [1.165, 1.54) is 6.42 Å². The van der Waals surface area contributed by atoms with Crippen LogP contribution in [0.1, 0.15) is 46.3 Å². The number of rotatable bonds is 4. The summed E-state index contributed by atoms with van der Waals surface area (Å²) in [6, 6.07) is 6.67. The van der Waals surface area contributed by atoms with Crippen LogP contribution in [0.25, 0.3) is 0 Å². The van der Waals surface area contributed by atoms with E-state index in [4.69, 9.17) is 11.5 Å². The van der Waals surface area contributed by atoms with E-state index in [-0.39, 0.29) is 11.6 Å². The zero-order valence-corrected chi connectivity index (χ0v) is 15.5. The molecule has 0 saturated carbocycles. The Morgan fingerprint density at radius 2 is 2.04 bits per heavy atom. The van der Waals surface area contributed by atoms with Crippen molar-refractivity contribution < 1.29 is 9.59 Å². The number of amides is 2. The number of benzene rings is 1. The van der Waals surface area contributed by atoms with Crippen molar-refractivity contribution in [2.45, 2.75) is 26.7 Å². The highest BCUT2D eigenvalue weighted by molar-refractivity contribution is 6.06. The summed E-state index contributed by atoms with van der Waals surface area (Å²) in [6.07, 6.45) is 2.25. The Balaban J connectivity index is 1.94. The second-order valence-corrected chi connectivity index (χ2v) is 7.00. The Labute approximate surface area is 158 Å². The number of piperidine rings is 1. The number of nitrogens with two attached hydrogens (primary N) is 2. The maximum Gasteiger partial charge on any atom is 0.274 e. The van der Waals surface area contributed by atoms with Gasteiger partial charge < -0.3 is 21.7 Å². The first-order valence-corrected chi connectivity index (χ1v) is 8.95. The fourth-order valence-corrected chi connectivity index (χ4v) is 3.37. The van der Waals surface area contributed by atoms with Crippen LogP contribution < -0.4 is 21.7 Å². The summed E-state index contributed by atoms with van der Waals surface area (Å²) in [4.78, 5) is 34.5. The standard InChI is InChI=1S/C19H24N6O2/c1-11-4-3-7-25(10-11)16-6-5-13(17(20)26)9-14(16)23-18(27)15-8-12(2)22-19(21)24-15/h5-6,8-9,11H,3-4,7,10H2,1-2H3,(H2,20,26)(H,23,27)(H2,21,22,24)/t11-/m1/s1. The van der Waals surface area contributed by atoms with E-state index in [9.17, 15) is 9.59 Å².